The second-order valence-corrected chi connectivity index (χ2v) is 10.9. The highest BCUT2D eigenvalue weighted by atomic mass is 35.5. The van der Waals surface area contributed by atoms with E-state index in [2.05, 4.69) is 5.32 Å². The van der Waals surface area contributed by atoms with Gasteiger partial charge in [0.05, 0.1) is 11.9 Å². The van der Waals surface area contributed by atoms with Crippen LogP contribution in [0.15, 0.2) is 48.5 Å². The zero-order valence-electron chi connectivity index (χ0n) is 20.5. The molecule has 0 aliphatic rings. The van der Waals surface area contributed by atoms with Gasteiger partial charge < -0.3 is 10.2 Å². The summed E-state index contributed by atoms with van der Waals surface area (Å²) < 4.78 is 39.8. The lowest BCUT2D eigenvalue weighted by molar-refractivity contribution is -0.140. The molecule has 2 atom stereocenters. The molecular weight excluding hydrogens is 493 g/mol. The Morgan fingerprint density at radius 1 is 1.11 bits per heavy atom. The van der Waals surface area contributed by atoms with E-state index in [0.717, 1.165) is 22.5 Å². The largest absolute Gasteiger partial charge is 0.352 e. The minimum atomic E-state index is -3.77. The van der Waals surface area contributed by atoms with Gasteiger partial charge in [0, 0.05) is 30.6 Å². The number of hydrogen-bond donors (Lipinski definition) is 1. The lowest BCUT2D eigenvalue weighted by Crippen LogP contribution is -2.49. The van der Waals surface area contributed by atoms with Crippen molar-refractivity contribution in [3.8, 4) is 0 Å². The van der Waals surface area contributed by atoms with Crippen molar-refractivity contribution in [3.63, 3.8) is 0 Å². The Labute approximate surface area is 212 Å². The molecule has 0 fully saturated rings. The highest BCUT2D eigenvalue weighted by Gasteiger charge is 2.27. The molecule has 1 N–H and O–H groups in total. The summed E-state index contributed by atoms with van der Waals surface area (Å²) in [6.45, 7) is 5.58. The number of sulfonamides is 1. The van der Waals surface area contributed by atoms with Crippen LogP contribution in [0.2, 0.25) is 5.02 Å². The Bertz CT molecular complexity index is 1130. The molecule has 0 spiro atoms. The Morgan fingerprint density at radius 2 is 1.80 bits per heavy atom. The zero-order valence-corrected chi connectivity index (χ0v) is 22.1. The van der Waals surface area contributed by atoms with Gasteiger partial charge in [0.15, 0.2) is 0 Å². The number of hydrogen-bond acceptors (Lipinski definition) is 4. The topological polar surface area (TPSA) is 86.8 Å². The number of halogens is 2. The summed E-state index contributed by atoms with van der Waals surface area (Å²) in [6.07, 6.45) is 1.86. The van der Waals surface area contributed by atoms with Gasteiger partial charge in [-0.25, -0.2) is 12.8 Å². The van der Waals surface area contributed by atoms with Crippen LogP contribution in [0.1, 0.15) is 45.6 Å². The molecule has 0 unspecified atom stereocenters. The van der Waals surface area contributed by atoms with Crippen LogP contribution in [0.25, 0.3) is 0 Å². The lowest BCUT2D eigenvalue weighted by Gasteiger charge is -2.30. The van der Waals surface area contributed by atoms with E-state index in [9.17, 15) is 22.4 Å². The summed E-state index contributed by atoms with van der Waals surface area (Å²) in [7, 11) is -3.77. The summed E-state index contributed by atoms with van der Waals surface area (Å²) in [5.41, 5.74) is 0.692. The van der Waals surface area contributed by atoms with E-state index in [1.54, 1.807) is 31.2 Å². The van der Waals surface area contributed by atoms with E-state index in [1.807, 2.05) is 19.9 Å². The van der Waals surface area contributed by atoms with E-state index in [4.69, 9.17) is 11.6 Å². The third-order valence-corrected chi connectivity index (χ3v) is 7.10. The molecule has 0 bridgehead atoms. The van der Waals surface area contributed by atoms with Crippen molar-refractivity contribution in [3.05, 3.63) is 64.9 Å². The quantitative estimate of drug-likeness (QED) is 0.446. The molecule has 0 saturated carbocycles. The van der Waals surface area contributed by atoms with Crippen LogP contribution in [0.4, 0.5) is 10.1 Å². The number of carbonyl (C=O) groups excluding carboxylic acids is 2. The Morgan fingerprint density at radius 3 is 2.40 bits per heavy atom. The summed E-state index contributed by atoms with van der Waals surface area (Å²) in [4.78, 5) is 27.5. The second kappa shape index (κ2) is 12.9. The number of amides is 2. The predicted octanol–water partition coefficient (Wildman–Crippen LogP) is 4.36. The first-order valence-electron chi connectivity index (χ1n) is 11.5. The highest BCUT2D eigenvalue weighted by Crippen LogP contribution is 2.22. The van der Waals surface area contributed by atoms with Crippen LogP contribution in [0, 0.1) is 5.82 Å². The predicted molar refractivity (Wildman–Crippen MR) is 137 cm³/mol. The van der Waals surface area contributed by atoms with Gasteiger partial charge in [-0.2, -0.15) is 0 Å². The van der Waals surface area contributed by atoms with Crippen molar-refractivity contribution >= 4 is 39.1 Å². The first-order valence-corrected chi connectivity index (χ1v) is 13.7. The Hall–Kier alpha value is -2.65. The van der Waals surface area contributed by atoms with Crippen LogP contribution in [0.5, 0.6) is 0 Å². The number of nitrogens with one attached hydrogen (secondary N) is 1. The van der Waals surface area contributed by atoms with Crippen molar-refractivity contribution in [1.82, 2.24) is 10.2 Å². The fraction of sp³-hybridized carbons (Fsp3) is 0.440. The smallest absolute Gasteiger partial charge is 0.242 e. The van der Waals surface area contributed by atoms with Crippen LogP contribution < -0.4 is 9.62 Å². The molecular formula is C25H33ClFN3O4S. The highest BCUT2D eigenvalue weighted by molar-refractivity contribution is 7.92. The molecule has 0 aliphatic carbocycles. The number of para-hydroxylation sites is 1. The van der Waals surface area contributed by atoms with Gasteiger partial charge in [0.1, 0.15) is 11.9 Å². The van der Waals surface area contributed by atoms with E-state index >= 15 is 0 Å². The van der Waals surface area contributed by atoms with Crippen LogP contribution in [0.3, 0.4) is 0 Å². The van der Waals surface area contributed by atoms with Gasteiger partial charge in [-0.1, -0.05) is 42.8 Å². The van der Waals surface area contributed by atoms with Crippen LogP contribution >= 0.6 is 11.6 Å². The van der Waals surface area contributed by atoms with Crippen molar-refractivity contribution in [2.75, 3.05) is 17.1 Å². The third kappa shape index (κ3) is 8.50. The summed E-state index contributed by atoms with van der Waals surface area (Å²) in [5, 5.41) is 3.41. The number of anilines is 1. The monoisotopic (exact) mass is 525 g/mol. The molecule has 2 amide bonds. The van der Waals surface area contributed by atoms with Gasteiger partial charge >= 0.3 is 0 Å². The maximum absolute atomic E-state index is 14.3. The first kappa shape index (κ1) is 28.6. The van der Waals surface area contributed by atoms with Crippen molar-refractivity contribution in [2.45, 2.75) is 58.7 Å². The molecule has 0 heterocycles. The summed E-state index contributed by atoms with van der Waals surface area (Å²) in [5.74, 6) is -1.26. The van der Waals surface area contributed by atoms with Gasteiger partial charge in [-0.15, -0.1) is 0 Å². The van der Waals surface area contributed by atoms with Gasteiger partial charge in [-0.05, 0) is 56.5 Å². The van der Waals surface area contributed by atoms with Gasteiger partial charge in [0.2, 0.25) is 21.8 Å². The average Bonchev–Trinajstić information content (AvgIpc) is 2.79. The van der Waals surface area contributed by atoms with E-state index in [-0.39, 0.29) is 49.5 Å². The van der Waals surface area contributed by atoms with Gasteiger partial charge in [0.25, 0.3) is 0 Å². The molecule has 0 saturated heterocycles. The van der Waals surface area contributed by atoms with E-state index in [1.165, 1.54) is 23.1 Å². The molecule has 2 aromatic carbocycles. The number of nitrogens with zero attached hydrogens (tertiary/aromatic N) is 2. The van der Waals surface area contributed by atoms with E-state index in [0.29, 0.717) is 5.02 Å². The maximum atomic E-state index is 14.3. The number of benzene rings is 2. The average molecular weight is 526 g/mol. The molecule has 0 aliphatic heterocycles. The Balaban J connectivity index is 2.18. The number of carbonyl (C=O) groups is 2. The standard InChI is InChI=1S/C25H33ClFN3O4S/c1-5-18(2)28-25(32)19(3)29(17-20-10-8-11-21(26)16-20)24(31)14-9-15-30(35(4,33)34)23-13-7-6-12-22(23)27/h6-8,10-13,16,18-19H,5,9,14-15,17H2,1-4H3,(H,28,32)/t18-,19-/m0/s1. The SMILES string of the molecule is CC[C@H](C)NC(=O)[C@H](C)N(Cc1cccc(Cl)c1)C(=O)CCCN(c1ccccc1F)S(C)(=O)=O. The molecule has 192 valence electrons. The summed E-state index contributed by atoms with van der Waals surface area (Å²) in [6, 6.07) is 11.8. The van der Waals surface area contributed by atoms with Crippen molar-refractivity contribution in [1.29, 1.82) is 0 Å². The van der Waals surface area contributed by atoms with E-state index < -0.39 is 21.9 Å². The molecule has 2 rings (SSSR count). The molecule has 10 heteroatoms. The molecule has 35 heavy (non-hydrogen) atoms. The second-order valence-electron chi connectivity index (χ2n) is 8.54. The molecule has 2 aromatic rings. The number of rotatable bonds is 12. The van der Waals surface area contributed by atoms with Crippen molar-refractivity contribution < 1.29 is 22.4 Å². The molecule has 0 aromatic heterocycles. The fourth-order valence-electron chi connectivity index (χ4n) is 3.52. The fourth-order valence-corrected chi connectivity index (χ4v) is 4.70. The third-order valence-electron chi connectivity index (χ3n) is 5.68. The minimum absolute atomic E-state index is 0.0258. The van der Waals surface area contributed by atoms with Gasteiger partial charge in [-0.3, -0.25) is 13.9 Å². The zero-order chi connectivity index (χ0) is 26.2. The Kier molecular flexibility index (Phi) is 10.5. The summed E-state index contributed by atoms with van der Waals surface area (Å²) >= 11 is 6.09. The minimum Gasteiger partial charge on any atom is -0.352 e. The molecule has 7 nitrogen and oxygen atoms in total. The lowest BCUT2D eigenvalue weighted by atomic mass is 10.1. The maximum Gasteiger partial charge on any atom is 0.242 e. The van der Waals surface area contributed by atoms with Crippen LogP contribution in [-0.4, -0.2) is 50.0 Å². The molecule has 0 radical (unpaired) electrons. The van der Waals surface area contributed by atoms with Crippen LogP contribution in [-0.2, 0) is 26.2 Å². The normalized spacial score (nSPS) is 13.1. The first-order chi connectivity index (χ1) is 16.4. The van der Waals surface area contributed by atoms with Crippen molar-refractivity contribution in [2.24, 2.45) is 0 Å².